The van der Waals surface area contributed by atoms with Gasteiger partial charge in [-0.15, -0.1) is 0 Å². The number of aliphatic hydroxyl groups excluding tert-OH is 1. The lowest BCUT2D eigenvalue weighted by atomic mass is 9.86. The van der Waals surface area contributed by atoms with Gasteiger partial charge in [-0.2, -0.15) is 0 Å². The number of fused-ring (bicyclic) bond motifs is 2. The summed E-state index contributed by atoms with van der Waals surface area (Å²) in [4.78, 5) is 9.52. The van der Waals surface area contributed by atoms with Crippen LogP contribution in [0.5, 0.6) is 5.88 Å². The number of aromatic nitrogens is 2. The predicted octanol–water partition coefficient (Wildman–Crippen LogP) is 2.59. The van der Waals surface area contributed by atoms with Gasteiger partial charge < -0.3 is 19.7 Å². The largest absolute Gasteiger partial charge is 0.467 e. The van der Waals surface area contributed by atoms with Crippen molar-refractivity contribution >= 4 is 11.0 Å². The molecule has 1 aromatic carbocycles. The number of para-hydroxylation sites is 1. The molecule has 0 bridgehead atoms. The number of piperazine rings is 1. The Kier molecular flexibility index (Phi) is 6.22. The van der Waals surface area contributed by atoms with Crippen molar-refractivity contribution in [2.24, 2.45) is 5.92 Å². The lowest BCUT2D eigenvalue weighted by Crippen LogP contribution is -2.55. The Balaban J connectivity index is 1.23. The molecule has 34 heavy (non-hydrogen) atoms. The lowest BCUT2D eigenvalue weighted by Gasteiger charge is -2.44. The molecular weight excluding hydrogens is 430 g/mol. The second-order valence-electron chi connectivity index (χ2n) is 9.98. The number of piperidine rings is 1. The number of nitrogens with zero attached hydrogens (tertiary/aromatic N) is 4. The fourth-order valence-electron chi connectivity index (χ4n) is 5.78. The summed E-state index contributed by atoms with van der Waals surface area (Å²) in [6.45, 7) is 6.64. The van der Waals surface area contributed by atoms with E-state index < -0.39 is 0 Å². The molecule has 8 nitrogen and oxygen atoms in total. The van der Waals surface area contributed by atoms with Crippen LogP contribution in [0.4, 0.5) is 0 Å². The van der Waals surface area contributed by atoms with Crippen molar-refractivity contribution in [3.05, 3.63) is 53.9 Å². The normalized spacial score (nSPS) is 27.0. The second kappa shape index (κ2) is 9.62. The third-order valence-corrected chi connectivity index (χ3v) is 7.61. The van der Waals surface area contributed by atoms with E-state index in [9.17, 15) is 5.11 Å². The highest BCUT2D eigenvalue weighted by Gasteiger charge is 2.37. The molecule has 0 radical (unpaired) electrons. The molecule has 6 rings (SSSR count). The van der Waals surface area contributed by atoms with E-state index in [4.69, 9.17) is 9.26 Å². The van der Waals surface area contributed by atoms with Crippen LogP contribution in [0.2, 0.25) is 0 Å². The van der Waals surface area contributed by atoms with E-state index in [1.54, 1.807) is 0 Å². The number of hydrogen-bond donors (Lipinski definition) is 2. The second-order valence-corrected chi connectivity index (χ2v) is 9.98. The molecule has 3 aliphatic rings. The summed E-state index contributed by atoms with van der Waals surface area (Å²) in [6.07, 6.45) is 4.56. The zero-order valence-corrected chi connectivity index (χ0v) is 19.5. The molecule has 3 aromatic rings. The maximum atomic E-state index is 9.78. The van der Waals surface area contributed by atoms with Crippen molar-refractivity contribution in [3.8, 4) is 5.88 Å². The number of rotatable bonds is 6. The predicted molar refractivity (Wildman–Crippen MR) is 128 cm³/mol. The van der Waals surface area contributed by atoms with Gasteiger partial charge in [0.15, 0.2) is 11.7 Å². The summed E-state index contributed by atoms with van der Waals surface area (Å²) in [7, 11) is 0. The Morgan fingerprint density at radius 1 is 1.12 bits per heavy atom. The highest BCUT2D eigenvalue weighted by atomic mass is 16.5. The minimum absolute atomic E-state index is 0.209. The Labute approximate surface area is 199 Å². The lowest BCUT2D eigenvalue weighted by molar-refractivity contribution is 0.0231. The highest BCUT2D eigenvalue weighted by Crippen LogP contribution is 2.38. The van der Waals surface area contributed by atoms with Crippen molar-refractivity contribution < 1.29 is 14.4 Å². The summed E-state index contributed by atoms with van der Waals surface area (Å²) < 4.78 is 12.3. The van der Waals surface area contributed by atoms with E-state index in [1.807, 2.05) is 30.5 Å². The van der Waals surface area contributed by atoms with Gasteiger partial charge in [-0.1, -0.05) is 23.4 Å². The van der Waals surface area contributed by atoms with Crippen molar-refractivity contribution in [2.75, 3.05) is 39.3 Å². The number of hydrogen-bond acceptors (Lipinski definition) is 8. The molecule has 2 unspecified atom stereocenters. The maximum absolute atomic E-state index is 9.78. The van der Waals surface area contributed by atoms with Crippen molar-refractivity contribution in [3.63, 3.8) is 0 Å². The van der Waals surface area contributed by atoms with Gasteiger partial charge in [0.05, 0.1) is 6.10 Å². The van der Waals surface area contributed by atoms with Crippen LogP contribution < -0.4 is 10.1 Å². The van der Waals surface area contributed by atoms with Gasteiger partial charge in [-0.25, -0.2) is 4.98 Å². The molecule has 180 valence electrons. The van der Waals surface area contributed by atoms with E-state index >= 15 is 0 Å². The quantitative estimate of drug-likeness (QED) is 0.577. The molecule has 2 N–H and O–H groups in total. The molecule has 5 heterocycles. The Bertz CT molecular complexity index is 1100. The fourth-order valence-corrected chi connectivity index (χ4v) is 5.78. The number of benzene rings is 1. The first kappa shape index (κ1) is 22.0. The molecule has 0 saturated carbocycles. The zero-order valence-electron chi connectivity index (χ0n) is 19.5. The van der Waals surface area contributed by atoms with Crippen LogP contribution in [-0.4, -0.2) is 76.5 Å². The van der Waals surface area contributed by atoms with Gasteiger partial charge in [-0.05, 0) is 37.0 Å². The van der Waals surface area contributed by atoms with Gasteiger partial charge in [0, 0.05) is 75.4 Å². The standard InChI is InChI=1S/C26H33N5O3/c32-21-9-11-30(17-21)15-18-5-8-24(28-13-18)33-26(25-22-3-1-2-4-23(22)34-29-25)19-6-7-20-14-27-10-12-31(20)16-19/h1-5,8,13,19-21,26-27,32H,6-7,9-12,14-17H2/t19-,20+,21?,26?/m1/s1. The van der Waals surface area contributed by atoms with Crippen LogP contribution in [0.1, 0.15) is 36.6 Å². The molecule has 4 atom stereocenters. The number of aliphatic hydroxyl groups is 1. The summed E-state index contributed by atoms with van der Waals surface area (Å²) in [6, 6.07) is 12.7. The van der Waals surface area contributed by atoms with E-state index in [0.717, 1.165) is 87.3 Å². The Hall–Kier alpha value is -2.52. The van der Waals surface area contributed by atoms with E-state index in [2.05, 4.69) is 37.4 Å². The van der Waals surface area contributed by atoms with Crippen LogP contribution in [0.25, 0.3) is 11.0 Å². The first-order chi connectivity index (χ1) is 16.7. The summed E-state index contributed by atoms with van der Waals surface area (Å²) in [5.41, 5.74) is 2.79. The average molecular weight is 464 g/mol. The molecule has 3 aliphatic heterocycles. The van der Waals surface area contributed by atoms with Gasteiger partial charge in [0.1, 0.15) is 5.69 Å². The van der Waals surface area contributed by atoms with E-state index in [-0.39, 0.29) is 12.2 Å². The number of pyridine rings is 1. The fraction of sp³-hybridized carbons (Fsp3) is 0.538. The number of likely N-dealkylation sites (tertiary alicyclic amines) is 1. The van der Waals surface area contributed by atoms with Crippen molar-refractivity contribution in [2.45, 2.75) is 44.1 Å². The maximum Gasteiger partial charge on any atom is 0.213 e. The zero-order chi connectivity index (χ0) is 22.9. The molecule has 0 spiro atoms. The van der Waals surface area contributed by atoms with Gasteiger partial charge >= 0.3 is 0 Å². The third-order valence-electron chi connectivity index (χ3n) is 7.61. The molecule has 3 fully saturated rings. The highest BCUT2D eigenvalue weighted by molar-refractivity contribution is 5.79. The molecule has 2 aromatic heterocycles. The van der Waals surface area contributed by atoms with Crippen LogP contribution >= 0.6 is 0 Å². The van der Waals surface area contributed by atoms with E-state index in [0.29, 0.717) is 17.8 Å². The number of β-amino-alcohol motifs (C(OH)–C–C–N with tert-alkyl or cyclic N) is 1. The monoisotopic (exact) mass is 463 g/mol. The number of nitrogens with one attached hydrogen (secondary N) is 1. The topological polar surface area (TPSA) is 86.9 Å². The number of ether oxygens (including phenoxy) is 1. The van der Waals surface area contributed by atoms with Gasteiger partial charge in [0.2, 0.25) is 5.88 Å². The summed E-state index contributed by atoms with van der Waals surface area (Å²) in [5.74, 6) is 0.931. The molecule has 0 amide bonds. The minimum atomic E-state index is -0.216. The third kappa shape index (κ3) is 4.55. The summed E-state index contributed by atoms with van der Waals surface area (Å²) in [5, 5.41) is 18.8. The van der Waals surface area contributed by atoms with Gasteiger partial charge in [0.25, 0.3) is 0 Å². The molecule has 3 saturated heterocycles. The smallest absolute Gasteiger partial charge is 0.213 e. The van der Waals surface area contributed by atoms with Crippen LogP contribution in [0, 0.1) is 5.92 Å². The van der Waals surface area contributed by atoms with Crippen LogP contribution in [0.3, 0.4) is 0 Å². The summed E-state index contributed by atoms with van der Waals surface area (Å²) >= 11 is 0. The Morgan fingerprint density at radius 3 is 2.91 bits per heavy atom. The van der Waals surface area contributed by atoms with Crippen molar-refractivity contribution in [1.82, 2.24) is 25.3 Å². The first-order valence-corrected chi connectivity index (χ1v) is 12.5. The van der Waals surface area contributed by atoms with Crippen LogP contribution in [0.15, 0.2) is 47.1 Å². The van der Waals surface area contributed by atoms with Crippen LogP contribution in [-0.2, 0) is 6.54 Å². The van der Waals surface area contributed by atoms with Gasteiger partial charge in [-0.3, -0.25) is 9.80 Å². The minimum Gasteiger partial charge on any atom is -0.467 e. The van der Waals surface area contributed by atoms with E-state index in [1.165, 1.54) is 0 Å². The molecule has 0 aliphatic carbocycles. The molecular formula is C26H33N5O3. The average Bonchev–Trinajstić information content (AvgIpc) is 3.49. The first-order valence-electron chi connectivity index (χ1n) is 12.5. The molecule has 8 heteroatoms. The Morgan fingerprint density at radius 2 is 2.06 bits per heavy atom. The SMILES string of the molecule is OC1CCN(Cc2ccc(OC(c3noc4ccccc34)[C@@H]3CC[C@H]4CNCCN4C3)nc2)C1. The van der Waals surface area contributed by atoms with Crippen molar-refractivity contribution in [1.29, 1.82) is 0 Å².